The minimum Gasteiger partial charge on any atom is -0.309 e. The van der Waals surface area contributed by atoms with Gasteiger partial charge in [-0.2, -0.15) is 0 Å². The number of rotatable bonds is 4. The Labute approximate surface area is 254 Å². The van der Waals surface area contributed by atoms with E-state index in [1.165, 1.54) is 43.7 Å². The molecule has 3 heteroatoms. The van der Waals surface area contributed by atoms with E-state index < -0.39 is 0 Å². The number of benzene rings is 6. The summed E-state index contributed by atoms with van der Waals surface area (Å²) < 4.78 is 4.71. The van der Waals surface area contributed by atoms with Crippen LogP contribution in [0.5, 0.6) is 0 Å². The zero-order valence-electron chi connectivity index (χ0n) is 23.9. The Hall–Kier alpha value is -5.93. The fourth-order valence-electron chi connectivity index (χ4n) is 6.82. The molecule has 0 fully saturated rings. The lowest BCUT2D eigenvalue weighted by Gasteiger charge is -2.11. The average molecular weight is 562 g/mol. The molecule has 44 heavy (non-hydrogen) atoms. The SMILES string of the molecule is c1ccc(-c2cccc(-c3cccc(-n4c5ccccc5c5c6c7ccccc7n(-c7ccccc7)c6ccc54)n3)c2)cc1. The van der Waals surface area contributed by atoms with Crippen molar-refractivity contribution in [2.24, 2.45) is 0 Å². The summed E-state index contributed by atoms with van der Waals surface area (Å²) in [4.78, 5) is 5.27. The topological polar surface area (TPSA) is 22.8 Å². The summed E-state index contributed by atoms with van der Waals surface area (Å²) in [5, 5.41) is 4.99. The summed E-state index contributed by atoms with van der Waals surface area (Å²) in [5.74, 6) is 0.907. The van der Waals surface area contributed by atoms with Crippen LogP contribution in [-0.4, -0.2) is 14.1 Å². The highest BCUT2D eigenvalue weighted by Gasteiger charge is 2.20. The molecule has 206 valence electrons. The summed E-state index contributed by atoms with van der Waals surface area (Å²) in [7, 11) is 0. The van der Waals surface area contributed by atoms with Gasteiger partial charge in [0.05, 0.1) is 27.8 Å². The van der Waals surface area contributed by atoms with Crippen molar-refractivity contribution in [3.8, 4) is 33.9 Å². The van der Waals surface area contributed by atoms with E-state index in [1.807, 2.05) is 0 Å². The largest absolute Gasteiger partial charge is 0.309 e. The van der Waals surface area contributed by atoms with Gasteiger partial charge in [0.1, 0.15) is 5.82 Å². The third kappa shape index (κ3) is 3.73. The second-order valence-corrected chi connectivity index (χ2v) is 11.2. The molecule has 3 aromatic heterocycles. The van der Waals surface area contributed by atoms with Crippen molar-refractivity contribution in [2.45, 2.75) is 0 Å². The molecule has 0 aliphatic carbocycles. The van der Waals surface area contributed by atoms with Gasteiger partial charge >= 0.3 is 0 Å². The van der Waals surface area contributed by atoms with Crippen LogP contribution in [0.25, 0.3) is 77.5 Å². The zero-order chi connectivity index (χ0) is 29.0. The number of fused-ring (bicyclic) bond motifs is 7. The van der Waals surface area contributed by atoms with E-state index in [0.717, 1.165) is 33.8 Å². The van der Waals surface area contributed by atoms with Gasteiger partial charge in [-0.05, 0) is 65.7 Å². The number of hydrogen-bond acceptors (Lipinski definition) is 1. The third-order valence-corrected chi connectivity index (χ3v) is 8.72. The predicted octanol–water partition coefficient (Wildman–Crippen LogP) is 10.6. The van der Waals surface area contributed by atoms with Gasteiger partial charge in [-0.25, -0.2) is 4.98 Å². The molecule has 3 nitrogen and oxygen atoms in total. The molecule has 0 bridgehead atoms. The molecule has 0 aliphatic heterocycles. The molecule has 0 saturated heterocycles. The maximum absolute atomic E-state index is 5.27. The zero-order valence-corrected chi connectivity index (χ0v) is 23.9. The maximum atomic E-state index is 5.27. The van der Waals surface area contributed by atoms with E-state index in [4.69, 9.17) is 4.98 Å². The smallest absolute Gasteiger partial charge is 0.138 e. The molecule has 0 amide bonds. The molecule has 9 rings (SSSR count). The van der Waals surface area contributed by atoms with Crippen molar-refractivity contribution < 1.29 is 0 Å². The molecule has 0 atom stereocenters. The lowest BCUT2D eigenvalue weighted by molar-refractivity contribution is 1.08. The Balaban J connectivity index is 1.31. The summed E-state index contributed by atoms with van der Waals surface area (Å²) in [6, 6.07) is 58.2. The van der Waals surface area contributed by atoms with E-state index >= 15 is 0 Å². The van der Waals surface area contributed by atoms with Crippen LogP contribution in [0.2, 0.25) is 0 Å². The molecule has 0 saturated carbocycles. The third-order valence-electron chi connectivity index (χ3n) is 8.72. The van der Waals surface area contributed by atoms with Crippen molar-refractivity contribution in [2.75, 3.05) is 0 Å². The van der Waals surface area contributed by atoms with Gasteiger partial charge in [0, 0.05) is 32.8 Å². The Morgan fingerprint density at radius 1 is 0.364 bits per heavy atom. The van der Waals surface area contributed by atoms with Crippen LogP contribution in [0.4, 0.5) is 0 Å². The van der Waals surface area contributed by atoms with E-state index in [9.17, 15) is 0 Å². The summed E-state index contributed by atoms with van der Waals surface area (Å²) in [5.41, 5.74) is 10.3. The van der Waals surface area contributed by atoms with Crippen molar-refractivity contribution in [1.82, 2.24) is 14.1 Å². The first-order valence-corrected chi connectivity index (χ1v) is 15.0. The van der Waals surface area contributed by atoms with Gasteiger partial charge in [0.15, 0.2) is 0 Å². The van der Waals surface area contributed by atoms with Crippen LogP contribution < -0.4 is 0 Å². The Kier molecular flexibility index (Phi) is 5.50. The van der Waals surface area contributed by atoms with E-state index in [-0.39, 0.29) is 0 Å². The van der Waals surface area contributed by atoms with Crippen molar-refractivity contribution in [3.63, 3.8) is 0 Å². The molecule has 9 aromatic rings. The lowest BCUT2D eigenvalue weighted by Crippen LogP contribution is -1.98. The van der Waals surface area contributed by atoms with Gasteiger partial charge in [-0.15, -0.1) is 0 Å². The first-order valence-electron chi connectivity index (χ1n) is 15.0. The van der Waals surface area contributed by atoms with Gasteiger partial charge in [0.25, 0.3) is 0 Å². The number of hydrogen-bond donors (Lipinski definition) is 0. The summed E-state index contributed by atoms with van der Waals surface area (Å²) >= 11 is 0. The number of nitrogens with zero attached hydrogens (tertiary/aromatic N) is 3. The van der Waals surface area contributed by atoms with Crippen LogP contribution in [-0.2, 0) is 0 Å². The second kappa shape index (κ2) is 9.82. The van der Waals surface area contributed by atoms with E-state index in [2.05, 4.69) is 173 Å². The highest BCUT2D eigenvalue weighted by Crippen LogP contribution is 2.42. The number of pyridine rings is 1. The van der Waals surface area contributed by atoms with Crippen LogP contribution in [0.15, 0.2) is 164 Å². The molecule has 0 aliphatic rings. The van der Waals surface area contributed by atoms with Crippen LogP contribution in [0.1, 0.15) is 0 Å². The Morgan fingerprint density at radius 3 is 1.64 bits per heavy atom. The summed E-state index contributed by atoms with van der Waals surface area (Å²) in [6.07, 6.45) is 0. The average Bonchev–Trinajstić information content (AvgIpc) is 3.62. The lowest BCUT2D eigenvalue weighted by atomic mass is 10.0. The van der Waals surface area contributed by atoms with Crippen LogP contribution >= 0.6 is 0 Å². The standard InChI is InChI=1S/C41H27N3/c1-3-13-28(14-4-1)29-15-11-16-30(27-29)34-21-12-24-39(42-34)44-36-23-10-8-20-33(36)41-38(44)26-25-37-40(41)32-19-7-9-22-35(32)43(37)31-17-5-2-6-18-31/h1-27H. The molecular formula is C41H27N3. The minimum atomic E-state index is 0.907. The van der Waals surface area contributed by atoms with E-state index in [0.29, 0.717) is 0 Å². The van der Waals surface area contributed by atoms with E-state index in [1.54, 1.807) is 0 Å². The first kappa shape index (κ1) is 24.6. The molecule has 3 heterocycles. The van der Waals surface area contributed by atoms with Gasteiger partial charge < -0.3 is 4.57 Å². The highest BCUT2D eigenvalue weighted by molar-refractivity contribution is 6.28. The van der Waals surface area contributed by atoms with Crippen LogP contribution in [0.3, 0.4) is 0 Å². The maximum Gasteiger partial charge on any atom is 0.138 e. The molecular weight excluding hydrogens is 534 g/mol. The first-order chi connectivity index (χ1) is 21.8. The number of para-hydroxylation sites is 3. The normalized spacial score (nSPS) is 11.6. The molecule has 0 spiro atoms. The van der Waals surface area contributed by atoms with Crippen LogP contribution in [0, 0.1) is 0 Å². The minimum absolute atomic E-state index is 0.907. The number of aromatic nitrogens is 3. The van der Waals surface area contributed by atoms with Gasteiger partial charge in [-0.1, -0.05) is 109 Å². The molecule has 0 unspecified atom stereocenters. The predicted molar refractivity (Wildman–Crippen MR) is 184 cm³/mol. The van der Waals surface area contributed by atoms with Crippen molar-refractivity contribution in [1.29, 1.82) is 0 Å². The fourth-order valence-corrected chi connectivity index (χ4v) is 6.82. The van der Waals surface area contributed by atoms with Gasteiger partial charge in [-0.3, -0.25) is 4.57 Å². The molecule has 0 radical (unpaired) electrons. The fraction of sp³-hybridized carbons (Fsp3) is 0. The monoisotopic (exact) mass is 561 g/mol. The Bertz CT molecular complexity index is 2480. The van der Waals surface area contributed by atoms with Gasteiger partial charge in [0.2, 0.25) is 0 Å². The Morgan fingerprint density at radius 2 is 0.909 bits per heavy atom. The molecule has 0 N–H and O–H groups in total. The summed E-state index contributed by atoms with van der Waals surface area (Å²) in [6.45, 7) is 0. The van der Waals surface area contributed by atoms with Crippen molar-refractivity contribution >= 4 is 43.6 Å². The second-order valence-electron chi connectivity index (χ2n) is 11.2. The highest BCUT2D eigenvalue weighted by atomic mass is 15.1. The van der Waals surface area contributed by atoms with Crippen molar-refractivity contribution in [3.05, 3.63) is 164 Å². The molecule has 6 aromatic carbocycles. The quantitative estimate of drug-likeness (QED) is 0.210.